The van der Waals surface area contributed by atoms with E-state index in [4.69, 9.17) is 19.8 Å². The number of hydrogen-bond donors (Lipinski definition) is 2. The molecule has 0 bridgehead atoms. The van der Waals surface area contributed by atoms with Crippen LogP contribution in [0.15, 0.2) is 0 Å². The van der Waals surface area contributed by atoms with Crippen LogP contribution in [-0.4, -0.2) is 105 Å². The molecule has 0 spiro atoms. The first-order valence-corrected chi connectivity index (χ1v) is 8.67. The zero-order chi connectivity index (χ0) is 18.2. The molecule has 0 aromatic rings. The summed E-state index contributed by atoms with van der Waals surface area (Å²) < 4.78 is 3.00. The Morgan fingerprint density at radius 2 is 0.913 bits per heavy atom. The summed E-state index contributed by atoms with van der Waals surface area (Å²) in [7, 11) is 8.81. The third-order valence-corrected chi connectivity index (χ3v) is 5.92. The summed E-state index contributed by atoms with van der Waals surface area (Å²) in [4.78, 5) is 27.6. The van der Waals surface area contributed by atoms with E-state index in [1.54, 1.807) is 0 Å². The molecule has 8 nitrogen and oxygen atoms in total. The van der Waals surface area contributed by atoms with E-state index in [0.717, 1.165) is 13.8 Å². The van der Waals surface area contributed by atoms with Crippen molar-refractivity contribution in [2.45, 2.75) is 13.8 Å². The summed E-state index contributed by atoms with van der Waals surface area (Å²) in [6, 6.07) is 0. The van der Waals surface area contributed by atoms with Crippen molar-refractivity contribution in [2.24, 2.45) is 0 Å². The van der Waals surface area contributed by atoms with Crippen molar-refractivity contribution in [1.82, 2.24) is 19.6 Å². The molecule has 2 heterocycles. The second-order valence-corrected chi connectivity index (χ2v) is 7.07. The first kappa shape index (κ1) is 22.2. The van der Waals surface area contributed by atoms with Gasteiger partial charge in [-0.25, -0.2) is 0 Å². The molecule has 0 aliphatic carbocycles. The van der Waals surface area contributed by atoms with E-state index in [2.05, 4.69) is 47.8 Å². The van der Waals surface area contributed by atoms with Crippen molar-refractivity contribution in [3.05, 3.63) is 0 Å². The molecule has 2 fully saturated rings. The molecule has 0 aromatic heterocycles. The molecule has 0 aromatic carbocycles. The Bertz CT molecular complexity index is 419. The van der Waals surface area contributed by atoms with Crippen LogP contribution in [-0.2, 0) is 26.7 Å². The van der Waals surface area contributed by atoms with E-state index in [-0.39, 0.29) is 0 Å². The van der Waals surface area contributed by atoms with Crippen LogP contribution in [0.2, 0.25) is 0 Å². The van der Waals surface area contributed by atoms with E-state index in [1.165, 1.54) is 34.6 Å². The molecule has 0 atom stereocenters. The van der Waals surface area contributed by atoms with Crippen molar-refractivity contribution in [3.63, 3.8) is 0 Å². The van der Waals surface area contributed by atoms with Crippen molar-refractivity contribution in [3.8, 4) is 0 Å². The Hall–Kier alpha value is -0.818. The number of carboxylic acid groups (broad SMARTS) is 2. The molecule has 23 heavy (non-hydrogen) atoms. The van der Waals surface area contributed by atoms with Gasteiger partial charge in [0, 0.05) is 13.8 Å². The number of rotatable bonds is 0. The summed E-state index contributed by atoms with van der Waals surface area (Å²) in [6.45, 7) is 6.85. The van der Waals surface area contributed by atoms with Gasteiger partial charge in [0.05, 0.1) is 0 Å². The van der Waals surface area contributed by atoms with Crippen LogP contribution in [0.5, 0.6) is 0 Å². The quantitative estimate of drug-likeness (QED) is 0.490. The van der Waals surface area contributed by atoms with Crippen LogP contribution in [0.25, 0.3) is 0 Å². The van der Waals surface area contributed by atoms with Crippen molar-refractivity contribution in [2.75, 3.05) is 54.4 Å². The zero-order valence-corrected chi connectivity index (χ0v) is 16.2. The molecular formula is C14H28N4O4Pd. The summed E-state index contributed by atoms with van der Waals surface area (Å²) in [5.74, 6) is -1.67. The van der Waals surface area contributed by atoms with E-state index in [9.17, 15) is 0 Å². The first-order valence-electron chi connectivity index (χ1n) is 7.12. The second-order valence-electron chi connectivity index (χ2n) is 5.29. The fraction of sp³-hybridized carbons (Fsp3) is 0.714. The maximum atomic E-state index is 9.00. The van der Waals surface area contributed by atoms with Crippen molar-refractivity contribution < 1.29 is 36.9 Å². The van der Waals surface area contributed by atoms with Gasteiger partial charge >= 0.3 is 99.5 Å². The van der Waals surface area contributed by atoms with Gasteiger partial charge in [-0.15, -0.1) is 0 Å². The van der Waals surface area contributed by atoms with Crippen LogP contribution in [0.1, 0.15) is 13.8 Å². The minimum atomic E-state index is -0.833. The van der Waals surface area contributed by atoms with Crippen LogP contribution < -0.4 is 0 Å². The molecule has 2 aliphatic rings. The molecule has 2 aliphatic heterocycles. The van der Waals surface area contributed by atoms with Crippen LogP contribution in [0.3, 0.4) is 0 Å². The molecule has 0 saturated carbocycles. The molecule has 0 unspecified atom stereocenters. The molecule has 2 N–H and O–H groups in total. The van der Waals surface area contributed by atoms with Crippen LogP contribution >= 0.6 is 0 Å². The Labute approximate surface area is 145 Å². The summed E-state index contributed by atoms with van der Waals surface area (Å²) >= 11 is 0.581. The molecule has 0 amide bonds. The van der Waals surface area contributed by atoms with E-state index >= 15 is 0 Å². The Morgan fingerprint density at radius 3 is 1.09 bits per heavy atom. The number of aliphatic carboxylic acids is 2. The van der Waals surface area contributed by atoms with Gasteiger partial charge in [-0.3, -0.25) is 9.59 Å². The molecule has 138 valence electrons. The fourth-order valence-electron chi connectivity index (χ4n) is 1.83. The van der Waals surface area contributed by atoms with Gasteiger partial charge in [0.2, 0.25) is 0 Å². The number of carbonyl (C=O) groups is 2. The van der Waals surface area contributed by atoms with Crippen LogP contribution in [0.4, 0.5) is 0 Å². The number of likely N-dealkylation sites (N-methyl/N-ethyl adjacent to an activating group) is 4. The molecular weight excluding hydrogens is 395 g/mol. The maximum absolute atomic E-state index is 9.00. The average Bonchev–Trinajstić information content (AvgIpc) is 2.87. The minimum absolute atomic E-state index is 0.581. The van der Waals surface area contributed by atoms with E-state index in [1.807, 2.05) is 0 Å². The van der Waals surface area contributed by atoms with E-state index < -0.39 is 11.9 Å². The third-order valence-electron chi connectivity index (χ3n) is 2.85. The molecule has 2 rings (SSSR count). The van der Waals surface area contributed by atoms with Gasteiger partial charge in [-0.2, -0.15) is 0 Å². The van der Waals surface area contributed by atoms with E-state index in [0.29, 0.717) is 17.1 Å². The monoisotopic (exact) mass is 422 g/mol. The predicted octanol–water partition coefficient (Wildman–Crippen LogP) is -0.820. The first-order chi connectivity index (χ1) is 10.6. The topological polar surface area (TPSA) is 87.6 Å². The van der Waals surface area contributed by atoms with Gasteiger partial charge in [0.15, 0.2) is 0 Å². The molecule has 2 saturated heterocycles. The number of hydrogen-bond acceptors (Lipinski definition) is 6. The van der Waals surface area contributed by atoms with Crippen molar-refractivity contribution in [1.29, 1.82) is 0 Å². The molecule has 0 radical (unpaired) electrons. The predicted molar refractivity (Wildman–Crippen MR) is 87.2 cm³/mol. The third kappa shape index (κ3) is 9.15. The SMILES string of the molecule is CC(=O)O.CC(=O)O.CN1CCN(C)[C]1=[Pd]=[C]1N(C)CCN1C. The number of carboxylic acids is 2. The zero-order valence-electron chi connectivity index (χ0n) is 14.6. The summed E-state index contributed by atoms with van der Waals surface area (Å²) in [6.07, 6.45) is 0. The second kappa shape index (κ2) is 10.9. The van der Waals surface area contributed by atoms with Gasteiger partial charge in [-0.05, 0) is 0 Å². The van der Waals surface area contributed by atoms with Gasteiger partial charge in [0.25, 0.3) is 11.9 Å². The standard InChI is InChI=1S/2C5H10N2.2C2H4O2.Pd/c2*1-6-3-4-7(2)5-6;2*1-2(3)4;/h2*3-4H2,1-2H3;2*1H3,(H,3,4);. The molecule has 9 heteroatoms. The summed E-state index contributed by atoms with van der Waals surface area (Å²) in [5, 5.41) is 14.8. The van der Waals surface area contributed by atoms with Crippen LogP contribution in [0, 0.1) is 0 Å². The van der Waals surface area contributed by atoms with Gasteiger partial charge < -0.3 is 10.2 Å². The average molecular weight is 423 g/mol. The normalized spacial score (nSPS) is 20.1. The van der Waals surface area contributed by atoms with Gasteiger partial charge in [-0.1, -0.05) is 0 Å². The van der Waals surface area contributed by atoms with Crippen molar-refractivity contribution >= 4 is 20.4 Å². The Balaban J connectivity index is 0.000000509. The Morgan fingerprint density at radius 1 is 0.739 bits per heavy atom. The Kier molecular flexibility index (Phi) is 10.5. The fourth-order valence-corrected chi connectivity index (χ4v) is 4.02. The summed E-state index contributed by atoms with van der Waals surface area (Å²) in [5.41, 5.74) is 0. The van der Waals surface area contributed by atoms with Gasteiger partial charge in [0.1, 0.15) is 0 Å². The number of nitrogens with zero attached hydrogens (tertiary/aromatic N) is 4.